The number of rotatable bonds is 7. The highest BCUT2D eigenvalue weighted by Gasteiger charge is 2.18. The highest BCUT2D eigenvalue weighted by Crippen LogP contribution is 2.29. The van der Waals surface area contributed by atoms with E-state index in [1.807, 2.05) is 12.1 Å². The minimum atomic E-state index is -0.125. The first-order valence-electron chi connectivity index (χ1n) is 8.71. The molecule has 0 atom stereocenters. The van der Waals surface area contributed by atoms with E-state index in [0.29, 0.717) is 6.54 Å². The van der Waals surface area contributed by atoms with Crippen molar-refractivity contribution in [3.63, 3.8) is 0 Å². The van der Waals surface area contributed by atoms with E-state index in [-0.39, 0.29) is 5.69 Å². The average Bonchev–Trinajstić information content (AvgIpc) is 2.82. The summed E-state index contributed by atoms with van der Waals surface area (Å²) in [4.78, 5) is 11.8. The number of unbranched alkanes of at least 4 members (excludes halogenated alkanes) is 4. The Kier molecular flexibility index (Phi) is 5.16. The van der Waals surface area contributed by atoms with E-state index in [4.69, 9.17) is 4.74 Å². The van der Waals surface area contributed by atoms with Crippen molar-refractivity contribution in [2.45, 2.75) is 58.4 Å². The van der Waals surface area contributed by atoms with Gasteiger partial charge >= 0.3 is 5.69 Å². The molecule has 0 spiro atoms. The molecule has 0 fully saturated rings. The van der Waals surface area contributed by atoms with Crippen LogP contribution < -0.4 is 10.4 Å². The van der Waals surface area contributed by atoms with E-state index in [0.717, 1.165) is 43.0 Å². The van der Waals surface area contributed by atoms with E-state index in [1.54, 1.807) is 4.57 Å². The molecule has 0 bridgehead atoms. The van der Waals surface area contributed by atoms with E-state index in [1.165, 1.54) is 31.2 Å². The molecule has 2 aromatic rings. The lowest BCUT2D eigenvalue weighted by Crippen LogP contribution is -2.16. The third kappa shape index (κ3) is 3.66. The third-order valence-electron chi connectivity index (χ3n) is 4.42. The van der Waals surface area contributed by atoms with Crippen molar-refractivity contribution in [2.75, 3.05) is 6.61 Å². The quantitative estimate of drug-likeness (QED) is 0.795. The van der Waals surface area contributed by atoms with Gasteiger partial charge in [-0.1, -0.05) is 32.6 Å². The molecule has 2 heterocycles. The standard InChI is InChI=1S/C18H25N3O2/c1-2-3-4-5-6-12-23-15-9-10-16-14(13-15)8-7-11-21-17(16)19-20-18(21)22/h9-10,13H,2-8,11-12H2,1H3,(H,20,22). The van der Waals surface area contributed by atoms with Gasteiger partial charge in [0.25, 0.3) is 0 Å². The Labute approximate surface area is 136 Å². The molecule has 1 N–H and O–H groups in total. The van der Waals surface area contributed by atoms with Gasteiger partial charge in [0, 0.05) is 12.1 Å². The number of hydrogen-bond donors (Lipinski definition) is 1. The second-order valence-corrected chi connectivity index (χ2v) is 6.19. The van der Waals surface area contributed by atoms with Crippen LogP contribution in [0.5, 0.6) is 5.75 Å². The molecule has 1 aliphatic heterocycles. The number of nitrogens with one attached hydrogen (secondary N) is 1. The van der Waals surface area contributed by atoms with Gasteiger partial charge in [-0.2, -0.15) is 5.10 Å². The monoisotopic (exact) mass is 315 g/mol. The molecule has 0 saturated carbocycles. The number of H-pyrrole nitrogens is 1. The van der Waals surface area contributed by atoms with Crippen LogP contribution in [0.1, 0.15) is 51.0 Å². The molecular formula is C18H25N3O2. The lowest BCUT2D eigenvalue weighted by Gasteiger charge is -2.10. The summed E-state index contributed by atoms with van der Waals surface area (Å²) in [6, 6.07) is 6.12. The Hall–Kier alpha value is -2.04. The minimum absolute atomic E-state index is 0.125. The third-order valence-corrected chi connectivity index (χ3v) is 4.42. The van der Waals surface area contributed by atoms with Crippen molar-refractivity contribution in [1.82, 2.24) is 14.8 Å². The zero-order valence-corrected chi connectivity index (χ0v) is 13.8. The van der Waals surface area contributed by atoms with Crippen molar-refractivity contribution in [3.8, 4) is 17.1 Å². The van der Waals surface area contributed by atoms with Crippen molar-refractivity contribution in [1.29, 1.82) is 0 Å². The van der Waals surface area contributed by atoms with Crippen LogP contribution >= 0.6 is 0 Å². The van der Waals surface area contributed by atoms with Gasteiger partial charge in [0.05, 0.1) is 6.61 Å². The minimum Gasteiger partial charge on any atom is -0.494 e. The van der Waals surface area contributed by atoms with Crippen molar-refractivity contribution in [3.05, 3.63) is 34.2 Å². The largest absolute Gasteiger partial charge is 0.494 e. The van der Waals surface area contributed by atoms with E-state index in [9.17, 15) is 4.79 Å². The summed E-state index contributed by atoms with van der Waals surface area (Å²) in [6.45, 7) is 3.72. The predicted molar refractivity (Wildman–Crippen MR) is 90.9 cm³/mol. The number of ether oxygens (including phenoxy) is 1. The summed E-state index contributed by atoms with van der Waals surface area (Å²) in [6.07, 6.45) is 8.11. The summed E-state index contributed by atoms with van der Waals surface area (Å²) in [7, 11) is 0. The van der Waals surface area contributed by atoms with Gasteiger partial charge < -0.3 is 4.74 Å². The number of aryl methyl sites for hydroxylation is 1. The molecule has 0 unspecified atom stereocenters. The van der Waals surface area contributed by atoms with Crippen LogP contribution in [-0.4, -0.2) is 21.4 Å². The fraction of sp³-hybridized carbons (Fsp3) is 0.556. The maximum Gasteiger partial charge on any atom is 0.343 e. The number of fused-ring (bicyclic) bond motifs is 3. The Morgan fingerprint density at radius 1 is 1.26 bits per heavy atom. The van der Waals surface area contributed by atoms with Crippen LogP contribution in [0.25, 0.3) is 11.4 Å². The Bertz CT molecular complexity index is 703. The second-order valence-electron chi connectivity index (χ2n) is 6.19. The Morgan fingerprint density at radius 2 is 2.13 bits per heavy atom. The first-order chi connectivity index (χ1) is 11.3. The number of nitrogens with zero attached hydrogens (tertiary/aromatic N) is 2. The van der Waals surface area contributed by atoms with Gasteiger partial charge in [0.1, 0.15) is 5.75 Å². The summed E-state index contributed by atoms with van der Waals surface area (Å²) in [5.41, 5.74) is 2.13. The summed E-state index contributed by atoms with van der Waals surface area (Å²) < 4.78 is 7.61. The maximum atomic E-state index is 11.8. The van der Waals surface area contributed by atoms with Crippen LogP contribution in [0.4, 0.5) is 0 Å². The molecule has 0 radical (unpaired) electrons. The molecule has 1 aromatic heterocycles. The zero-order valence-electron chi connectivity index (χ0n) is 13.8. The zero-order chi connectivity index (χ0) is 16.1. The first-order valence-corrected chi connectivity index (χ1v) is 8.71. The number of hydrogen-bond acceptors (Lipinski definition) is 3. The molecule has 5 heteroatoms. The SMILES string of the molecule is CCCCCCCOc1ccc2c(c1)CCCn1c-2n[nH]c1=O. The summed E-state index contributed by atoms with van der Waals surface area (Å²) in [5.74, 6) is 1.67. The fourth-order valence-corrected chi connectivity index (χ4v) is 3.14. The molecule has 0 saturated heterocycles. The average molecular weight is 315 g/mol. The molecule has 124 valence electrons. The molecule has 1 aliphatic rings. The molecule has 1 aromatic carbocycles. The molecule has 5 nitrogen and oxygen atoms in total. The molecule has 3 rings (SSSR count). The van der Waals surface area contributed by atoms with Crippen molar-refractivity contribution >= 4 is 0 Å². The number of aromatic amines is 1. The van der Waals surface area contributed by atoms with Gasteiger partial charge in [-0.05, 0) is 43.0 Å². The lowest BCUT2D eigenvalue weighted by molar-refractivity contribution is 0.304. The van der Waals surface area contributed by atoms with E-state index < -0.39 is 0 Å². The Balaban J connectivity index is 1.66. The van der Waals surface area contributed by atoms with Crippen LogP contribution in [-0.2, 0) is 13.0 Å². The molecule has 23 heavy (non-hydrogen) atoms. The van der Waals surface area contributed by atoms with Gasteiger partial charge in [0.2, 0.25) is 0 Å². The second kappa shape index (κ2) is 7.49. The molecule has 0 aliphatic carbocycles. The van der Waals surface area contributed by atoms with Gasteiger partial charge in [-0.15, -0.1) is 0 Å². The highest BCUT2D eigenvalue weighted by molar-refractivity contribution is 5.62. The van der Waals surface area contributed by atoms with Crippen LogP contribution in [0.15, 0.2) is 23.0 Å². The van der Waals surface area contributed by atoms with Crippen molar-refractivity contribution in [2.24, 2.45) is 0 Å². The predicted octanol–water partition coefficient (Wildman–Crippen LogP) is 3.53. The van der Waals surface area contributed by atoms with Gasteiger partial charge in [-0.3, -0.25) is 4.57 Å². The topological polar surface area (TPSA) is 59.9 Å². The number of benzene rings is 1. The smallest absolute Gasteiger partial charge is 0.343 e. The molecular weight excluding hydrogens is 290 g/mol. The van der Waals surface area contributed by atoms with Crippen LogP contribution in [0, 0.1) is 0 Å². The maximum absolute atomic E-state index is 11.8. The van der Waals surface area contributed by atoms with E-state index in [2.05, 4.69) is 23.2 Å². The number of aromatic nitrogens is 3. The Morgan fingerprint density at radius 3 is 3.00 bits per heavy atom. The van der Waals surface area contributed by atoms with Crippen LogP contribution in [0.2, 0.25) is 0 Å². The fourth-order valence-electron chi connectivity index (χ4n) is 3.14. The van der Waals surface area contributed by atoms with Crippen LogP contribution in [0.3, 0.4) is 0 Å². The van der Waals surface area contributed by atoms with Gasteiger partial charge in [0.15, 0.2) is 5.82 Å². The highest BCUT2D eigenvalue weighted by atomic mass is 16.5. The van der Waals surface area contributed by atoms with E-state index >= 15 is 0 Å². The molecule has 0 amide bonds. The lowest BCUT2D eigenvalue weighted by atomic mass is 10.0. The summed E-state index contributed by atoms with van der Waals surface area (Å²) >= 11 is 0. The first kappa shape index (κ1) is 15.8. The summed E-state index contributed by atoms with van der Waals surface area (Å²) in [5, 5.41) is 6.72. The normalized spacial score (nSPS) is 13.3. The van der Waals surface area contributed by atoms with Gasteiger partial charge in [-0.25, -0.2) is 9.89 Å². The van der Waals surface area contributed by atoms with Crippen molar-refractivity contribution < 1.29 is 4.74 Å².